The van der Waals surface area contributed by atoms with Gasteiger partial charge in [-0.25, -0.2) is 4.39 Å². The monoisotopic (exact) mass is 376 g/mol. The molecule has 0 aliphatic carbocycles. The van der Waals surface area contributed by atoms with E-state index in [2.05, 4.69) is 4.90 Å². The largest absolute Gasteiger partial charge is 0.481 e. The predicted molar refractivity (Wildman–Crippen MR) is 101 cm³/mol. The van der Waals surface area contributed by atoms with Gasteiger partial charge in [-0.2, -0.15) is 0 Å². The van der Waals surface area contributed by atoms with Crippen LogP contribution in [0.1, 0.15) is 44.1 Å². The Morgan fingerprint density at radius 2 is 1.96 bits per heavy atom. The van der Waals surface area contributed by atoms with Crippen LogP contribution in [-0.2, 0) is 16.1 Å². The van der Waals surface area contributed by atoms with Gasteiger partial charge in [0, 0.05) is 32.6 Å². The van der Waals surface area contributed by atoms with Crippen molar-refractivity contribution in [3.8, 4) is 0 Å². The Bertz CT molecular complexity index is 667. The van der Waals surface area contributed by atoms with Gasteiger partial charge in [-0.15, -0.1) is 0 Å². The summed E-state index contributed by atoms with van der Waals surface area (Å²) in [5, 5.41) is 8.88. The summed E-state index contributed by atoms with van der Waals surface area (Å²) in [6, 6.07) is 6.65. The number of carbonyl (C=O) groups excluding carboxylic acids is 1. The van der Waals surface area contributed by atoms with Gasteiger partial charge in [-0.1, -0.05) is 12.1 Å². The maximum Gasteiger partial charge on any atom is 0.303 e. The molecule has 2 unspecified atom stereocenters. The molecule has 1 aromatic carbocycles. The van der Waals surface area contributed by atoms with Crippen LogP contribution in [0.5, 0.6) is 0 Å². The Morgan fingerprint density at radius 3 is 2.74 bits per heavy atom. The zero-order valence-electron chi connectivity index (χ0n) is 15.8. The zero-order valence-corrected chi connectivity index (χ0v) is 15.8. The van der Waals surface area contributed by atoms with Crippen LogP contribution in [0.3, 0.4) is 0 Å². The molecule has 0 saturated carbocycles. The van der Waals surface area contributed by atoms with Crippen molar-refractivity contribution in [2.24, 2.45) is 11.8 Å². The molecule has 2 heterocycles. The number of rotatable bonds is 6. The van der Waals surface area contributed by atoms with Crippen molar-refractivity contribution in [1.29, 1.82) is 0 Å². The normalized spacial score (nSPS) is 24.0. The molecule has 0 spiro atoms. The fourth-order valence-corrected chi connectivity index (χ4v) is 4.38. The van der Waals surface area contributed by atoms with Gasteiger partial charge in [0.25, 0.3) is 0 Å². The number of aliphatic carboxylic acids is 1. The van der Waals surface area contributed by atoms with E-state index < -0.39 is 5.97 Å². The highest BCUT2D eigenvalue weighted by atomic mass is 19.1. The second-order valence-corrected chi connectivity index (χ2v) is 7.93. The van der Waals surface area contributed by atoms with E-state index in [0.29, 0.717) is 32.0 Å². The van der Waals surface area contributed by atoms with Crippen molar-refractivity contribution in [3.05, 3.63) is 35.6 Å². The Labute approximate surface area is 160 Å². The number of hydrogen-bond donors (Lipinski definition) is 1. The van der Waals surface area contributed by atoms with Crippen molar-refractivity contribution < 1.29 is 19.1 Å². The molecule has 6 heteroatoms. The number of halogens is 1. The summed E-state index contributed by atoms with van der Waals surface area (Å²) in [7, 11) is 0. The average Bonchev–Trinajstić information content (AvgIpc) is 2.66. The van der Waals surface area contributed by atoms with Gasteiger partial charge in [0.1, 0.15) is 5.82 Å². The Kier molecular flexibility index (Phi) is 6.83. The van der Waals surface area contributed by atoms with Gasteiger partial charge in [-0.3, -0.25) is 14.5 Å². The lowest BCUT2D eigenvalue weighted by Crippen LogP contribution is -2.47. The van der Waals surface area contributed by atoms with Gasteiger partial charge < -0.3 is 10.0 Å². The van der Waals surface area contributed by atoms with Gasteiger partial charge in [-0.05, 0) is 62.3 Å². The van der Waals surface area contributed by atoms with Gasteiger partial charge in [0.2, 0.25) is 5.91 Å². The van der Waals surface area contributed by atoms with Crippen molar-refractivity contribution >= 4 is 11.9 Å². The lowest BCUT2D eigenvalue weighted by atomic mass is 9.90. The third kappa shape index (κ3) is 5.76. The van der Waals surface area contributed by atoms with Crippen molar-refractivity contribution in [3.63, 3.8) is 0 Å². The SMILES string of the molecule is O=C(O)CCC1CCCN(C(=O)C2CCCN(Cc3cccc(F)c3)C2)C1. The molecule has 2 aliphatic heterocycles. The van der Waals surface area contributed by atoms with Crippen LogP contribution in [0.2, 0.25) is 0 Å². The van der Waals surface area contributed by atoms with E-state index in [1.807, 2.05) is 11.0 Å². The molecule has 1 aromatic rings. The summed E-state index contributed by atoms with van der Waals surface area (Å²) in [6.07, 6.45) is 4.66. The third-order valence-electron chi connectivity index (χ3n) is 5.75. The molecule has 2 saturated heterocycles. The quantitative estimate of drug-likeness (QED) is 0.829. The van der Waals surface area contributed by atoms with E-state index in [0.717, 1.165) is 44.3 Å². The predicted octanol–water partition coefficient (Wildman–Crippen LogP) is 3.14. The molecule has 2 aliphatic rings. The van der Waals surface area contributed by atoms with Gasteiger partial charge in [0.05, 0.1) is 5.92 Å². The minimum absolute atomic E-state index is 0.00877. The first-order valence-electron chi connectivity index (χ1n) is 9.98. The van der Waals surface area contributed by atoms with E-state index in [-0.39, 0.29) is 24.1 Å². The van der Waals surface area contributed by atoms with Gasteiger partial charge in [0.15, 0.2) is 0 Å². The highest BCUT2D eigenvalue weighted by molar-refractivity contribution is 5.79. The third-order valence-corrected chi connectivity index (χ3v) is 5.75. The molecule has 1 amide bonds. The molecular weight excluding hydrogens is 347 g/mol. The minimum Gasteiger partial charge on any atom is -0.481 e. The number of likely N-dealkylation sites (tertiary alicyclic amines) is 2. The van der Waals surface area contributed by atoms with Crippen molar-refractivity contribution in [2.45, 2.75) is 45.1 Å². The summed E-state index contributed by atoms with van der Waals surface area (Å²) < 4.78 is 13.4. The topological polar surface area (TPSA) is 60.9 Å². The molecule has 5 nitrogen and oxygen atoms in total. The molecule has 3 rings (SSSR count). The first kappa shape index (κ1) is 19.8. The number of piperidine rings is 2. The molecular formula is C21H29FN2O3. The second kappa shape index (κ2) is 9.31. The number of hydrogen-bond acceptors (Lipinski definition) is 3. The molecule has 1 N–H and O–H groups in total. The maximum absolute atomic E-state index is 13.4. The lowest BCUT2D eigenvalue weighted by Gasteiger charge is -2.38. The number of carboxylic acid groups (broad SMARTS) is 1. The minimum atomic E-state index is -0.765. The molecule has 2 fully saturated rings. The molecule has 2 atom stereocenters. The Balaban J connectivity index is 1.53. The van der Waals surface area contributed by atoms with Crippen LogP contribution in [0.4, 0.5) is 4.39 Å². The highest BCUT2D eigenvalue weighted by Gasteiger charge is 2.32. The Hall–Kier alpha value is -1.95. The van der Waals surface area contributed by atoms with Gasteiger partial charge >= 0.3 is 5.97 Å². The fourth-order valence-electron chi connectivity index (χ4n) is 4.38. The average molecular weight is 376 g/mol. The summed E-state index contributed by atoms with van der Waals surface area (Å²) in [5.74, 6) is -0.494. The second-order valence-electron chi connectivity index (χ2n) is 7.93. The van der Waals surface area contributed by atoms with Crippen molar-refractivity contribution in [2.75, 3.05) is 26.2 Å². The zero-order chi connectivity index (χ0) is 19.2. The van der Waals surface area contributed by atoms with E-state index in [1.165, 1.54) is 6.07 Å². The number of nitrogens with zero attached hydrogens (tertiary/aromatic N) is 2. The van der Waals surface area contributed by atoms with E-state index in [1.54, 1.807) is 12.1 Å². The van der Waals surface area contributed by atoms with Crippen LogP contribution in [0, 0.1) is 17.7 Å². The summed E-state index contributed by atoms with van der Waals surface area (Å²) in [6.45, 7) is 3.78. The van der Waals surface area contributed by atoms with Crippen LogP contribution in [0.15, 0.2) is 24.3 Å². The van der Waals surface area contributed by atoms with Crippen LogP contribution in [0.25, 0.3) is 0 Å². The molecule has 148 valence electrons. The van der Waals surface area contributed by atoms with Crippen LogP contribution < -0.4 is 0 Å². The standard InChI is InChI=1S/C21H29FN2O3/c22-19-7-1-4-17(12-19)13-23-10-3-6-18(15-23)21(27)24-11-2-5-16(14-24)8-9-20(25)26/h1,4,7,12,16,18H,2-3,5-6,8-11,13-15H2,(H,25,26). The van der Waals surface area contributed by atoms with Crippen LogP contribution in [-0.4, -0.2) is 53.0 Å². The molecule has 0 radical (unpaired) electrons. The summed E-state index contributed by atoms with van der Waals surface area (Å²) in [5.41, 5.74) is 0.940. The first-order chi connectivity index (χ1) is 13.0. The van der Waals surface area contributed by atoms with Crippen molar-refractivity contribution in [1.82, 2.24) is 9.80 Å². The first-order valence-corrected chi connectivity index (χ1v) is 9.98. The van der Waals surface area contributed by atoms with E-state index in [4.69, 9.17) is 5.11 Å². The number of carbonyl (C=O) groups is 2. The lowest BCUT2D eigenvalue weighted by molar-refractivity contribution is -0.139. The molecule has 0 bridgehead atoms. The Morgan fingerprint density at radius 1 is 1.15 bits per heavy atom. The smallest absolute Gasteiger partial charge is 0.303 e. The maximum atomic E-state index is 13.4. The number of benzene rings is 1. The highest BCUT2D eigenvalue weighted by Crippen LogP contribution is 2.26. The fraction of sp³-hybridized carbons (Fsp3) is 0.619. The van der Waals surface area contributed by atoms with Crippen LogP contribution >= 0.6 is 0 Å². The molecule has 0 aromatic heterocycles. The van der Waals surface area contributed by atoms with E-state index in [9.17, 15) is 14.0 Å². The summed E-state index contributed by atoms with van der Waals surface area (Å²) >= 11 is 0. The van der Waals surface area contributed by atoms with E-state index >= 15 is 0 Å². The summed E-state index contributed by atoms with van der Waals surface area (Å²) in [4.78, 5) is 28.0. The number of amides is 1. The molecule has 27 heavy (non-hydrogen) atoms. The number of carboxylic acids is 1.